The maximum Gasteiger partial charge on any atom is 0.237 e. The summed E-state index contributed by atoms with van der Waals surface area (Å²) >= 11 is 0. The van der Waals surface area contributed by atoms with Crippen molar-refractivity contribution in [3.05, 3.63) is 59.7 Å². The van der Waals surface area contributed by atoms with E-state index in [4.69, 9.17) is 0 Å². The molecule has 2 atom stereocenters. The van der Waals surface area contributed by atoms with Crippen LogP contribution in [0.4, 0.5) is 8.78 Å². The second kappa shape index (κ2) is 7.72. The Bertz CT molecular complexity index is 723. The van der Waals surface area contributed by atoms with E-state index in [1.165, 1.54) is 18.2 Å². The fraction of sp³-hybridized carbons (Fsp3) is 0.316. The van der Waals surface area contributed by atoms with Gasteiger partial charge in [-0.15, -0.1) is 0 Å². The van der Waals surface area contributed by atoms with Gasteiger partial charge >= 0.3 is 0 Å². The van der Waals surface area contributed by atoms with E-state index in [0.717, 1.165) is 19.4 Å². The van der Waals surface area contributed by atoms with E-state index in [2.05, 4.69) is 10.6 Å². The van der Waals surface area contributed by atoms with Gasteiger partial charge in [0, 0.05) is 0 Å². The van der Waals surface area contributed by atoms with Crippen LogP contribution >= 0.6 is 0 Å². The molecule has 2 aromatic carbocycles. The molecule has 4 nitrogen and oxygen atoms in total. The topological polar surface area (TPSA) is 61.4 Å². The summed E-state index contributed by atoms with van der Waals surface area (Å²) in [5, 5.41) is 15.5. The molecule has 0 bridgehead atoms. The van der Waals surface area contributed by atoms with Gasteiger partial charge in [0.1, 0.15) is 11.6 Å². The second-order valence-electron chi connectivity index (χ2n) is 6.11. The zero-order valence-corrected chi connectivity index (χ0v) is 13.6. The fourth-order valence-electron chi connectivity index (χ4n) is 3.07. The number of aliphatic hydroxyl groups is 1. The van der Waals surface area contributed by atoms with Crippen molar-refractivity contribution < 1.29 is 18.7 Å². The standard InChI is InChI=1S/C19H20F2N2O2/c20-14-3-1-4-15(21)18(14)13-8-6-12(7-9-13)17(11-24)23-19(25)16-5-2-10-22-16/h1,3-4,6-9,16-17,22,24H,2,5,10-11H2,(H,23,25). The molecule has 3 N–H and O–H groups in total. The predicted molar refractivity (Wildman–Crippen MR) is 90.8 cm³/mol. The van der Waals surface area contributed by atoms with E-state index < -0.39 is 17.7 Å². The van der Waals surface area contributed by atoms with Gasteiger partial charge in [-0.2, -0.15) is 0 Å². The third-order valence-electron chi connectivity index (χ3n) is 4.44. The van der Waals surface area contributed by atoms with Gasteiger partial charge in [-0.3, -0.25) is 4.79 Å². The van der Waals surface area contributed by atoms with Crippen molar-refractivity contribution in [1.29, 1.82) is 0 Å². The lowest BCUT2D eigenvalue weighted by Crippen LogP contribution is -2.42. The highest BCUT2D eigenvalue weighted by atomic mass is 19.1. The molecule has 0 saturated carbocycles. The van der Waals surface area contributed by atoms with Crippen molar-refractivity contribution in [3.63, 3.8) is 0 Å². The lowest BCUT2D eigenvalue weighted by molar-refractivity contribution is -0.123. The van der Waals surface area contributed by atoms with Crippen LogP contribution in [0.2, 0.25) is 0 Å². The summed E-state index contributed by atoms with van der Waals surface area (Å²) in [7, 11) is 0. The summed E-state index contributed by atoms with van der Waals surface area (Å²) in [6, 6.07) is 9.41. The van der Waals surface area contributed by atoms with Crippen LogP contribution in [0.1, 0.15) is 24.4 Å². The van der Waals surface area contributed by atoms with Crippen LogP contribution in [0, 0.1) is 11.6 Å². The first kappa shape index (κ1) is 17.5. The van der Waals surface area contributed by atoms with Gasteiger partial charge in [0.25, 0.3) is 0 Å². The van der Waals surface area contributed by atoms with Gasteiger partial charge in [0.15, 0.2) is 0 Å². The summed E-state index contributed by atoms with van der Waals surface area (Å²) in [4.78, 5) is 12.2. The summed E-state index contributed by atoms with van der Waals surface area (Å²) in [6.45, 7) is 0.552. The first-order valence-electron chi connectivity index (χ1n) is 8.29. The van der Waals surface area contributed by atoms with Crippen LogP contribution in [0.5, 0.6) is 0 Å². The number of hydrogen-bond donors (Lipinski definition) is 3. The number of amides is 1. The van der Waals surface area contributed by atoms with Crippen molar-refractivity contribution >= 4 is 5.91 Å². The van der Waals surface area contributed by atoms with E-state index >= 15 is 0 Å². The fourth-order valence-corrected chi connectivity index (χ4v) is 3.07. The molecule has 1 heterocycles. The molecule has 0 spiro atoms. The number of hydrogen-bond acceptors (Lipinski definition) is 3. The van der Waals surface area contributed by atoms with E-state index in [-0.39, 0.29) is 24.1 Å². The zero-order valence-electron chi connectivity index (χ0n) is 13.6. The summed E-state index contributed by atoms with van der Waals surface area (Å²) in [5.41, 5.74) is 0.989. The maximum atomic E-state index is 13.9. The molecule has 0 aromatic heterocycles. The number of aliphatic hydroxyl groups excluding tert-OH is 1. The SMILES string of the molecule is O=C(NC(CO)c1ccc(-c2c(F)cccc2F)cc1)C1CCCN1. The van der Waals surface area contributed by atoms with Gasteiger partial charge in [-0.05, 0) is 42.6 Å². The van der Waals surface area contributed by atoms with Crippen LogP contribution < -0.4 is 10.6 Å². The summed E-state index contributed by atoms with van der Waals surface area (Å²) < 4.78 is 27.7. The average Bonchev–Trinajstić information content (AvgIpc) is 3.15. The van der Waals surface area contributed by atoms with Crippen molar-refractivity contribution in [2.45, 2.75) is 24.9 Å². The molecular weight excluding hydrogens is 326 g/mol. The van der Waals surface area contributed by atoms with Crippen molar-refractivity contribution in [3.8, 4) is 11.1 Å². The first-order chi connectivity index (χ1) is 12.1. The Morgan fingerprint density at radius 2 is 1.88 bits per heavy atom. The molecule has 6 heteroatoms. The highest BCUT2D eigenvalue weighted by Crippen LogP contribution is 2.27. The Kier molecular flexibility index (Phi) is 5.40. The van der Waals surface area contributed by atoms with Crippen molar-refractivity contribution in [1.82, 2.24) is 10.6 Å². The average molecular weight is 346 g/mol. The van der Waals surface area contributed by atoms with Crippen LogP contribution in [0.3, 0.4) is 0 Å². The molecule has 132 valence electrons. The molecule has 1 aliphatic rings. The molecule has 1 aliphatic heterocycles. The molecule has 0 aliphatic carbocycles. The van der Waals surface area contributed by atoms with Crippen LogP contribution in [-0.2, 0) is 4.79 Å². The maximum absolute atomic E-state index is 13.9. The lowest BCUT2D eigenvalue weighted by Gasteiger charge is -2.20. The zero-order chi connectivity index (χ0) is 17.8. The molecular formula is C19H20F2N2O2. The Labute approximate surface area is 144 Å². The molecule has 2 unspecified atom stereocenters. The third-order valence-corrected chi connectivity index (χ3v) is 4.44. The largest absolute Gasteiger partial charge is 0.394 e. The smallest absolute Gasteiger partial charge is 0.237 e. The number of carbonyl (C=O) groups is 1. The number of rotatable bonds is 5. The quantitative estimate of drug-likeness (QED) is 0.780. The molecule has 1 amide bonds. The minimum Gasteiger partial charge on any atom is -0.394 e. The number of nitrogens with one attached hydrogen (secondary N) is 2. The van der Waals surface area contributed by atoms with E-state index in [1.807, 2.05) is 0 Å². The van der Waals surface area contributed by atoms with Gasteiger partial charge in [0.2, 0.25) is 5.91 Å². The minimum absolute atomic E-state index is 0.0891. The van der Waals surface area contributed by atoms with E-state index in [9.17, 15) is 18.7 Å². The minimum atomic E-state index is -0.632. The van der Waals surface area contributed by atoms with Gasteiger partial charge < -0.3 is 15.7 Å². The number of halogens is 2. The Morgan fingerprint density at radius 3 is 2.44 bits per heavy atom. The Hall–Kier alpha value is -2.31. The van der Waals surface area contributed by atoms with E-state index in [1.54, 1.807) is 24.3 Å². The predicted octanol–water partition coefficient (Wildman–Crippen LogP) is 2.53. The molecule has 1 fully saturated rings. The number of benzene rings is 2. The van der Waals surface area contributed by atoms with Crippen LogP contribution in [0.15, 0.2) is 42.5 Å². The number of carbonyl (C=O) groups excluding carboxylic acids is 1. The summed E-state index contributed by atoms with van der Waals surface area (Å²) in [6.07, 6.45) is 1.72. The molecule has 2 aromatic rings. The highest BCUT2D eigenvalue weighted by molar-refractivity contribution is 5.82. The van der Waals surface area contributed by atoms with E-state index in [0.29, 0.717) is 11.1 Å². The van der Waals surface area contributed by atoms with Crippen molar-refractivity contribution in [2.75, 3.05) is 13.2 Å². The molecule has 1 saturated heterocycles. The highest BCUT2D eigenvalue weighted by Gasteiger charge is 2.24. The molecule has 0 radical (unpaired) electrons. The monoisotopic (exact) mass is 346 g/mol. The van der Waals surface area contributed by atoms with Crippen molar-refractivity contribution in [2.24, 2.45) is 0 Å². The van der Waals surface area contributed by atoms with Gasteiger partial charge in [0.05, 0.1) is 24.3 Å². The first-order valence-corrected chi connectivity index (χ1v) is 8.29. The Balaban J connectivity index is 1.77. The third kappa shape index (κ3) is 3.86. The second-order valence-corrected chi connectivity index (χ2v) is 6.11. The Morgan fingerprint density at radius 1 is 1.20 bits per heavy atom. The van der Waals surface area contributed by atoms with Gasteiger partial charge in [-0.1, -0.05) is 30.3 Å². The van der Waals surface area contributed by atoms with Gasteiger partial charge in [-0.25, -0.2) is 8.78 Å². The van der Waals surface area contributed by atoms with Crippen LogP contribution in [0.25, 0.3) is 11.1 Å². The molecule has 3 rings (SSSR count). The molecule has 25 heavy (non-hydrogen) atoms. The lowest BCUT2D eigenvalue weighted by atomic mass is 10.00. The normalized spacial score (nSPS) is 18.1. The summed E-state index contributed by atoms with van der Waals surface area (Å²) in [5.74, 6) is -1.42. The van der Waals surface area contributed by atoms with Crippen LogP contribution in [-0.4, -0.2) is 30.2 Å².